The number of aryl methyl sites for hydroxylation is 3. The van der Waals surface area contributed by atoms with Gasteiger partial charge in [0.25, 0.3) is 5.91 Å². The summed E-state index contributed by atoms with van der Waals surface area (Å²) in [7, 11) is 0. The normalized spacial score (nSPS) is 10.3. The lowest BCUT2D eigenvalue weighted by atomic mass is 10.1. The van der Waals surface area contributed by atoms with Crippen molar-refractivity contribution in [2.24, 2.45) is 0 Å². The fourth-order valence-electron chi connectivity index (χ4n) is 2.87. The van der Waals surface area contributed by atoms with Crippen molar-refractivity contribution in [3.05, 3.63) is 89.0 Å². The third kappa shape index (κ3) is 5.69. The summed E-state index contributed by atoms with van der Waals surface area (Å²) >= 11 is 0. The second-order valence-electron chi connectivity index (χ2n) is 7.10. The molecule has 3 aromatic rings. The summed E-state index contributed by atoms with van der Waals surface area (Å²) in [6.07, 6.45) is 0. The predicted octanol–water partition coefficient (Wildman–Crippen LogP) is 4.91. The Morgan fingerprint density at radius 1 is 0.724 bits per heavy atom. The largest absolute Gasteiger partial charge is 0.376 e. The molecule has 0 bridgehead atoms. The first-order valence-corrected chi connectivity index (χ1v) is 9.50. The minimum atomic E-state index is -0.164. The molecule has 29 heavy (non-hydrogen) atoms. The molecule has 0 heterocycles. The van der Waals surface area contributed by atoms with Crippen molar-refractivity contribution in [1.29, 1.82) is 0 Å². The van der Waals surface area contributed by atoms with E-state index in [1.807, 2.05) is 50.2 Å². The Hall–Kier alpha value is -3.60. The third-order valence-corrected chi connectivity index (χ3v) is 4.67. The molecule has 5 nitrogen and oxygen atoms in total. The van der Waals surface area contributed by atoms with E-state index in [0.29, 0.717) is 16.9 Å². The van der Waals surface area contributed by atoms with Gasteiger partial charge in [0, 0.05) is 22.6 Å². The van der Waals surface area contributed by atoms with E-state index >= 15 is 0 Å². The fourth-order valence-corrected chi connectivity index (χ4v) is 2.87. The highest BCUT2D eigenvalue weighted by Gasteiger charge is 2.07. The van der Waals surface area contributed by atoms with Crippen LogP contribution in [0.1, 0.15) is 27.0 Å². The lowest BCUT2D eigenvalue weighted by Crippen LogP contribution is -2.21. The van der Waals surface area contributed by atoms with Crippen LogP contribution in [0.15, 0.2) is 66.7 Å². The molecule has 3 rings (SSSR count). The van der Waals surface area contributed by atoms with Gasteiger partial charge in [0.1, 0.15) is 0 Å². The molecule has 0 spiro atoms. The molecular formula is C24H25N3O2. The molecule has 3 N–H and O–H groups in total. The lowest BCUT2D eigenvalue weighted by Gasteiger charge is -2.10. The van der Waals surface area contributed by atoms with E-state index in [1.165, 1.54) is 11.1 Å². The number of anilines is 3. The highest BCUT2D eigenvalue weighted by molar-refractivity contribution is 6.04. The SMILES string of the molecule is Cc1cccc(C(=O)Nc2ccc(NC(=O)CNc3ccc(C)c(C)c3)cc2)c1. The molecule has 0 aliphatic heterocycles. The summed E-state index contributed by atoms with van der Waals surface area (Å²) in [4.78, 5) is 24.5. The number of benzene rings is 3. The fraction of sp³-hybridized carbons (Fsp3) is 0.167. The van der Waals surface area contributed by atoms with E-state index in [1.54, 1.807) is 30.3 Å². The van der Waals surface area contributed by atoms with Crippen LogP contribution in [0.3, 0.4) is 0 Å². The van der Waals surface area contributed by atoms with Crippen LogP contribution in [-0.4, -0.2) is 18.4 Å². The van der Waals surface area contributed by atoms with E-state index in [4.69, 9.17) is 0 Å². The first kappa shape index (κ1) is 20.1. The lowest BCUT2D eigenvalue weighted by molar-refractivity contribution is -0.114. The summed E-state index contributed by atoms with van der Waals surface area (Å²) < 4.78 is 0. The van der Waals surface area contributed by atoms with Crippen LogP contribution in [0, 0.1) is 20.8 Å². The highest BCUT2D eigenvalue weighted by Crippen LogP contribution is 2.16. The van der Waals surface area contributed by atoms with Crippen molar-refractivity contribution < 1.29 is 9.59 Å². The van der Waals surface area contributed by atoms with Gasteiger partial charge in [-0.3, -0.25) is 9.59 Å². The summed E-state index contributed by atoms with van der Waals surface area (Å²) in [5.74, 6) is -0.303. The number of rotatable bonds is 6. The molecule has 0 fully saturated rings. The van der Waals surface area contributed by atoms with Crippen molar-refractivity contribution in [3.63, 3.8) is 0 Å². The molecule has 3 aromatic carbocycles. The van der Waals surface area contributed by atoms with Crippen molar-refractivity contribution in [2.75, 3.05) is 22.5 Å². The second-order valence-corrected chi connectivity index (χ2v) is 7.10. The van der Waals surface area contributed by atoms with Crippen molar-refractivity contribution in [3.8, 4) is 0 Å². The molecule has 2 amide bonds. The zero-order valence-corrected chi connectivity index (χ0v) is 16.9. The zero-order valence-electron chi connectivity index (χ0n) is 16.9. The number of amides is 2. The maximum atomic E-state index is 12.3. The molecule has 5 heteroatoms. The molecule has 0 saturated heterocycles. The Morgan fingerprint density at radius 2 is 1.38 bits per heavy atom. The minimum absolute atomic E-state index is 0.139. The zero-order chi connectivity index (χ0) is 20.8. The maximum absolute atomic E-state index is 12.3. The standard InChI is InChI=1S/C24H25N3O2/c1-16-5-4-6-19(13-16)24(29)27-21-11-9-20(10-12-21)26-23(28)15-25-22-8-7-17(2)18(3)14-22/h4-14,25H,15H2,1-3H3,(H,26,28)(H,27,29). The number of nitrogens with one attached hydrogen (secondary N) is 3. The third-order valence-electron chi connectivity index (χ3n) is 4.67. The minimum Gasteiger partial charge on any atom is -0.376 e. The second kappa shape index (κ2) is 9.06. The van der Waals surface area contributed by atoms with Gasteiger partial charge in [-0.1, -0.05) is 23.8 Å². The quantitative estimate of drug-likeness (QED) is 0.562. The summed E-state index contributed by atoms with van der Waals surface area (Å²) in [5, 5.41) is 8.83. The van der Waals surface area contributed by atoms with E-state index in [-0.39, 0.29) is 18.4 Å². The number of hydrogen-bond acceptors (Lipinski definition) is 3. The van der Waals surface area contributed by atoms with Gasteiger partial charge in [-0.15, -0.1) is 0 Å². The first-order chi connectivity index (χ1) is 13.9. The van der Waals surface area contributed by atoms with Crippen LogP contribution in [0.4, 0.5) is 17.1 Å². The van der Waals surface area contributed by atoms with Crippen molar-refractivity contribution in [1.82, 2.24) is 0 Å². The predicted molar refractivity (Wildman–Crippen MR) is 119 cm³/mol. The van der Waals surface area contributed by atoms with Crippen LogP contribution < -0.4 is 16.0 Å². The van der Waals surface area contributed by atoms with Gasteiger partial charge >= 0.3 is 0 Å². The van der Waals surface area contributed by atoms with Gasteiger partial charge in [0.15, 0.2) is 0 Å². The molecule has 0 aromatic heterocycles. The molecule has 0 radical (unpaired) electrons. The molecule has 0 unspecified atom stereocenters. The van der Waals surface area contributed by atoms with Crippen LogP contribution in [0.2, 0.25) is 0 Å². The van der Waals surface area contributed by atoms with E-state index in [2.05, 4.69) is 22.9 Å². The smallest absolute Gasteiger partial charge is 0.255 e. The van der Waals surface area contributed by atoms with Gasteiger partial charge in [-0.25, -0.2) is 0 Å². The van der Waals surface area contributed by atoms with Gasteiger partial charge in [-0.2, -0.15) is 0 Å². The molecular weight excluding hydrogens is 362 g/mol. The number of carbonyl (C=O) groups is 2. The highest BCUT2D eigenvalue weighted by atomic mass is 16.2. The van der Waals surface area contributed by atoms with Crippen LogP contribution >= 0.6 is 0 Å². The monoisotopic (exact) mass is 387 g/mol. The Balaban J connectivity index is 1.52. The number of carbonyl (C=O) groups excluding carboxylic acids is 2. The Bertz CT molecular complexity index is 1030. The van der Waals surface area contributed by atoms with Crippen molar-refractivity contribution in [2.45, 2.75) is 20.8 Å². The molecule has 0 aliphatic carbocycles. The van der Waals surface area contributed by atoms with Crippen LogP contribution in [0.5, 0.6) is 0 Å². The van der Waals surface area contributed by atoms with E-state index in [0.717, 1.165) is 11.3 Å². The van der Waals surface area contributed by atoms with Crippen LogP contribution in [0.25, 0.3) is 0 Å². The maximum Gasteiger partial charge on any atom is 0.255 e. The molecule has 0 aliphatic rings. The Morgan fingerprint density at radius 3 is 2.03 bits per heavy atom. The van der Waals surface area contributed by atoms with Gasteiger partial charge < -0.3 is 16.0 Å². The van der Waals surface area contributed by atoms with Gasteiger partial charge in [-0.05, 0) is 80.4 Å². The van der Waals surface area contributed by atoms with Crippen molar-refractivity contribution >= 4 is 28.9 Å². The average molecular weight is 387 g/mol. The topological polar surface area (TPSA) is 70.2 Å². The molecule has 148 valence electrons. The number of hydrogen-bond donors (Lipinski definition) is 3. The summed E-state index contributed by atoms with van der Waals surface area (Å²) in [6, 6.07) is 20.5. The molecule has 0 saturated carbocycles. The van der Waals surface area contributed by atoms with Gasteiger partial charge in [0.05, 0.1) is 6.54 Å². The van der Waals surface area contributed by atoms with Gasteiger partial charge in [0.2, 0.25) is 5.91 Å². The summed E-state index contributed by atoms with van der Waals surface area (Å²) in [6.45, 7) is 6.22. The Labute approximate surface area is 171 Å². The molecule has 0 atom stereocenters. The van der Waals surface area contributed by atoms with E-state index in [9.17, 15) is 9.59 Å². The Kier molecular flexibility index (Phi) is 6.29. The summed E-state index contributed by atoms with van der Waals surface area (Å²) in [5.41, 5.74) is 6.30. The first-order valence-electron chi connectivity index (χ1n) is 9.50. The average Bonchev–Trinajstić information content (AvgIpc) is 2.70. The van der Waals surface area contributed by atoms with Crippen LogP contribution in [-0.2, 0) is 4.79 Å². The van der Waals surface area contributed by atoms with E-state index < -0.39 is 0 Å².